The number of fused-ring (bicyclic) bond motifs is 3. The van der Waals surface area contributed by atoms with Gasteiger partial charge in [0, 0.05) is 29.3 Å². The lowest BCUT2D eigenvalue weighted by atomic mass is 9.88. The highest BCUT2D eigenvalue weighted by Crippen LogP contribution is 2.46. The first-order chi connectivity index (χ1) is 11.2. The zero-order valence-electron chi connectivity index (χ0n) is 12.9. The molecule has 1 amide bonds. The Bertz CT molecular complexity index is 790. The monoisotopic (exact) mass is 310 g/mol. The number of rotatable bonds is 2. The van der Waals surface area contributed by atoms with Gasteiger partial charge >= 0.3 is 0 Å². The molecule has 0 bridgehead atoms. The summed E-state index contributed by atoms with van der Waals surface area (Å²) in [7, 11) is 1.56. The van der Waals surface area contributed by atoms with Crippen molar-refractivity contribution in [3.05, 3.63) is 59.2 Å². The Labute approximate surface area is 134 Å². The largest absolute Gasteiger partial charge is 0.507 e. The SMILES string of the molecule is COc1ccc([C@]23NCCCN2C(=O)c2ccccc23)c(O)c1. The fourth-order valence-corrected chi connectivity index (χ4v) is 3.72. The number of phenolic OH excluding ortho intramolecular Hbond substituents is 1. The van der Waals surface area contributed by atoms with Gasteiger partial charge in [-0.15, -0.1) is 0 Å². The molecule has 2 heterocycles. The van der Waals surface area contributed by atoms with E-state index in [1.807, 2.05) is 41.3 Å². The van der Waals surface area contributed by atoms with E-state index in [-0.39, 0.29) is 11.7 Å². The van der Waals surface area contributed by atoms with Crippen molar-refractivity contribution in [1.29, 1.82) is 0 Å². The first-order valence-corrected chi connectivity index (χ1v) is 7.72. The number of methoxy groups -OCH3 is 1. The summed E-state index contributed by atoms with van der Waals surface area (Å²) >= 11 is 0. The predicted octanol–water partition coefficient (Wildman–Crippen LogP) is 2.05. The Balaban J connectivity index is 1.98. The lowest BCUT2D eigenvalue weighted by molar-refractivity contribution is 0.0450. The molecule has 0 spiro atoms. The van der Waals surface area contributed by atoms with E-state index in [0.717, 1.165) is 18.5 Å². The molecule has 1 fully saturated rings. The smallest absolute Gasteiger partial charge is 0.256 e. The zero-order valence-corrected chi connectivity index (χ0v) is 12.9. The number of nitrogens with zero attached hydrogens (tertiary/aromatic N) is 1. The molecule has 2 aliphatic rings. The van der Waals surface area contributed by atoms with Crippen LogP contribution in [0.4, 0.5) is 0 Å². The highest BCUT2D eigenvalue weighted by molar-refractivity contribution is 6.01. The molecule has 0 radical (unpaired) electrons. The van der Waals surface area contributed by atoms with Gasteiger partial charge in [-0.2, -0.15) is 0 Å². The van der Waals surface area contributed by atoms with Gasteiger partial charge in [-0.3, -0.25) is 10.1 Å². The summed E-state index contributed by atoms with van der Waals surface area (Å²) in [6.07, 6.45) is 0.887. The Morgan fingerprint density at radius 2 is 2.04 bits per heavy atom. The van der Waals surface area contributed by atoms with Gasteiger partial charge in [0.1, 0.15) is 11.5 Å². The molecular formula is C18H18N2O3. The van der Waals surface area contributed by atoms with Crippen LogP contribution < -0.4 is 10.1 Å². The van der Waals surface area contributed by atoms with Gasteiger partial charge in [0.05, 0.1) is 7.11 Å². The molecule has 2 aromatic rings. The third kappa shape index (κ3) is 1.80. The van der Waals surface area contributed by atoms with Crippen LogP contribution in [-0.4, -0.2) is 36.1 Å². The number of hydrogen-bond donors (Lipinski definition) is 2. The average molecular weight is 310 g/mol. The topological polar surface area (TPSA) is 61.8 Å². The van der Waals surface area contributed by atoms with Crippen molar-refractivity contribution in [2.24, 2.45) is 0 Å². The third-order valence-corrected chi connectivity index (χ3v) is 4.73. The second-order valence-corrected chi connectivity index (χ2v) is 5.88. The van der Waals surface area contributed by atoms with Crippen LogP contribution in [0, 0.1) is 0 Å². The minimum Gasteiger partial charge on any atom is -0.507 e. The van der Waals surface area contributed by atoms with Gasteiger partial charge in [-0.05, 0) is 31.2 Å². The van der Waals surface area contributed by atoms with E-state index >= 15 is 0 Å². The fourth-order valence-electron chi connectivity index (χ4n) is 3.72. The summed E-state index contributed by atoms with van der Waals surface area (Å²) in [5.74, 6) is 0.707. The molecule has 0 aromatic heterocycles. The van der Waals surface area contributed by atoms with Gasteiger partial charge in [-0.1, -0.05) is 18.2 Å². The molecule has 0 aliphatic carbocycles. The number of carbonyl (C=O) groups excluding carboxylic acids is 1. The van der Waals surface area contributed by atoms with Crippen LogP contribution >= 0.6 is 0 Å². The number of benzene rings is 2. The van der Waals surface area contributed by atoms with Crippen molar-refractivity contribution in [1.82, 2.24) is 10.2 Å². The molecule has 2 aliphatic heterocycles. The molecule has 0 saturated carbocycles. The normalized spacial score (nSPS) is 22.7. The number of nitrogens with one attached hydrogen (secondary N) is 1. The van der Waals surface area contributed by atoms with E-state index in [9.17, 15) is 9.90 Å². The molecular weight excluding hydrogens is 292 g/mol. The van der Waals surface area contributed by atoms with E-state index in [4.69, 9.17) is 4.74 Å². The van der Waals surface area contributed by atoms with Crippen molar-refractivity contribution in [2.75, 3.05) is 20.2 Å². The minimum atomic E-state index is -0.803. The van der Waals surface area contributed by atoms with Crippen LogP contribution in [0.15, 0.2) is 42.5 Å². The second kappa shape index (κ2) is 4.99. The van der Waals surface area contributed by atoms with Crippen molar-refractivity contribution in [3.8, 4) is 11.5 Å². The molecule has 118 valence electrons. The number of hydrogen-bond acceptors (Lipinski definition) is 4. The van der Waals surface area contributed by atoms with Crippen LogP contribution in [0.2, 0.25) is 0 Å². The molecule has 1 saturated heterocycles. The number of phenols is 1. The van der Waals surface area contributed by atoms with Crippen molar-refractivity contribution in [2.45, 2.75) is 12.1 Å². The van der Waals surface area contributed by atoms with Gasteiger partial charge < -0.3 is 14.7 Å². The summed E-state index contributed by atoms with van der Waals surface area (Å²) in [6.45, 7) is 1.44. The van der Waals surface area contributed by atoms with Crippen LogP contribution in [0.5, 0.6) is 11.5 Å². The first kappa shape index (κ1) is 14.1. The summed E-state index contributed by atoms with van der Waals surface area (Å²) in [5.41, 5.74) is 1.46. The molecule has 2 N–H and O–H groups in total. The average Bonchev–Trinajstić information content (AvgIpc) is 2.85. The number of ether oxygens (including phenoxy) is 1. The quantitative estimate of drug-likeness (QED) is 0.891. The molecule has 0 unspecified atom stereocenters. The van der Waals surface area contributed by atoms with Gasteiger partial charge in [-0.25, -0.2) is 0 Å². The molecule has 4 rings (SSSR count). The standard InChI is InChI=1S/C18H18N2O3/c1-23-12-7-8-15(16(21)11-12)18-14-6-3-2-5-13(14)17(22)20(18)10-4-9-19-18/h2-3,5-8,11,19,21H,4,9-10H2,1H3/t18-/m1/s1. The number of carbonyl (C=O) groups is 1. The summed E-state index contributed by atoms with van der Waals surface area (Å²) in [6, 6.07) is 12.8. The minimum absolute atomic E-state index is 0.00279. The lowest BCUT2D eigenvalue weighted by Crippen LogP contribution is -2.59. The van der Waals surface area contributed by atoms with E-state index in [1.54, 1.807) is 13.2 Å². The molecule has 2 aromatic carbocycles. The van der Waals surface area contributed by atoms with E-state index < -0.39 is 5.66 Å². The van der Waals surface area contributed by atoms with Crippen LogP contribution in [-0.2, 0) is 5.66 Å². The lowest BCUT2D eigenvalue weighted by Gasteiger charge is -2.44. The zero-order chi connectivity index (χ0) is 16.0. The Morgan fingerprint density at radius 1 is 1.22 bits per heavy atom. The Morgan fingerprint density at radius 3 is 2.83 bits per heavy atom. The summed E-state index contributed by atoms with van der Waals surface area (Å²) < 4.78 is 5.18. The second-order valence-electron chi connectivity index (χ2n) is 5.88. The third-order valence-electron chi connectivity index (χ3n) is 4.73. The Kier molecular flexibility index (Phi) is 3.06. The number of aromatic hydroxyl groups is 1. The number of amides is 1. The van der Waals surface area contributed by atoms with E-state index in [2.05, 4.69) is 5.32 Å². The van der Waals surface area contributed by atoms with Gasteiger partial charge in [0.2, 0.25) is 0 Å². The predicted molar refractivity (Wildman–Crippen MR) is 85.5 cm³/mol. The van der Waals surface area contributed by atoms with Crippen molar-refractivity contribution in [3.63, 3.8) is 0 Å². The van der Waals surface area contributed by atoms with E-state index in [0.29, 0.717) is 23.4 Å². The Hall–Kier alpha value is -2.53. The highest BCUT2D eigenvalue weighted by Gasteiger charge is 2.52. The van der Waals surface area contributed by atoms with Gasteiger partial charge in [0.25, 0.3) is 5.91 Å². The van der Waals surface area contributed by atoms with Crippen LogP contribution in [0.3, 0.4) is 0 Å². The molecule has 23 heavy (non-hydrogen) atoms. The van der Waals surface area contributed by atoms with Crippen molar-refractivity contribution < 1.29 is 14.6 Å². The maximum Gasteiger partial charge on any atom is 0.256 e. The maximum atomic E-state index is 12.8. The maximum absolute atomic E-state index is 12.8. The van der Waals surface area contributed by atoms with Crippen LogP contribution in [0.25, 0.3) is 0 Å². The van der Waals surface area contributed by atoms with Crippen LogP contribution in [0.1, 0.15) is 27.9 Å². The first-order valence-electron chi connectivity index (χ1n) is 7.72. The molecule has 5 nitrogen and oxygen atoms in total. The van der Waals surface area contributed by atoms with Gasteiger partial charge in [0.15, 0.2) is 5.66 Å². The summed E-state index contributed by atoms with van der Waals surface area (Å²) in [5, 5.41) is 14.1. The molecule has 5 heteroatoms. The van der Waals surface area contributed by atoms with Crippen molar-refractivity contribution >= 4 is 5.91 Å². The highest BCUT2D eigenvalue weighted by atomic mass is 16.5. The molecule has 1 atom stereocenters. The van der Waals surface area contributed by atoms with E-state index in [1.165, 1.54) is 0 Å². The summed E-state index contributed by atoms with van der Waals surface area (Å²) in [4.78, 5) is 14.6. The fraction of sp³-hybridized carbons (Fsp3) is 0.278.